The number of carbonyl (C=O) groups is 1. The van der Waals surface area contributed by atoms with Gasteiger partial charge in [0.05, 0.1) is 17.4 Å². The number of urea groups is 1. The number of benzene rings is 1. The number of rotatable bonds is 4. The summed E-state index contributed by atoms with van der Waals surface area (Å²) in [5, 5.41) is 11.3. The molecule has 1 aromatic carbocycles. The van der Waals surface area contributed by atoms with Gasteiger partial charge in [-0.05, 0) is 25.5 Å². The number of hydrogen-bond donors (Lipinski definition) is 2. The van der Waals surface area contributed by atoms with Gasteiger partial charge in [-0.15, -0.1) is 0 Å². The van der Waals surface area contributed by atoms with Gasteiger partial charge in [-0.2, -0.15) is 13.2 Å². The molecule has 1 aromatic rings. The molecule has 0 radical (unpaired) electrons. The van der Waals surface area contributed by atoms with Crippen LogP contribution in [0.5, 0.6) is 0 Å². The molecule has 0 bridgehead atoms. The summed E-state index contributed by atoms with van der Waals surface area (Å²) in [5.41, 5.74) is -1.17. The summed E-state index contributed by atoms with van der Waals surface area (Å²) in [5.74, 6) is 0. The number of para-hydroxylation sites is 1. The molecule has 2 N–H and O–H groups in total. The Kier molecular flexibility index (Phi) is 5.38. The van der Waals surface area contributed by atoms with Crippen LogP contribution in [-0.2, 0) is 6.18 Å². The minimum absolute atomic E-state index is 0.248. The summed E-state index contributed by atoms with van der Waals surface area (Å²) in [6.45, 7) is 1.82. The van der Waals surface area contributed by atoms with Gasteiger partial charge in [-0.25, -0.2) is 4.79 Å². The zero-order chi connectivity index (χ0) is 15.3. The van der Waals surface area contributed by atoms with Crippen LogP contribution in [0.1, 0.15) is 18.9 Å². The zero-order valence-corrected chi connectivity index (χ0v) is 11.2. The van der Waals surface area contributed by atoms with E-state index in [0.717, 1.165) is 6.07 Å². The fraction of sp³-hybridized carbons (Fsp3) is 0.462. The lowest BCUT2D eigenvalue weighted by atomic mass is 10.1. The molecule has 0 saturated heterocycles. The van der Waals surface area contributed by atoms with Gasteiger partial charge in [0.25, 0.3) is 0 Å². The van der Waals surface area contributed by atoms with Crippen molar-refractivity contribution >= 4 is 11.7 Å². The Balaban J connectivity index is 2.76. The fourth-order valence-corrected chi connectivity index (χ4v) is 1.53. The number of anilines is 1. The minimum atomic E-state index is -4.53. The lowest BCUT2D eigenvalue weighted by Gasteiger charge is -2.20. The second-order valence-electron chi connectivity index (χ2n) is 4.53. The molecule has 1 unspecified atom stereocenters. The summed E-state index contributed by atoms with van der Waals surface area (Å²) in [6, 6.07) is 4.13. The number of carbonyl (C=O) groups excluding carboxylic acids is 1. The second-order valence-corrected chi connectivity index (χ2v) is 4.53. The van der Waals surface area contributed by atoms with Crippen LogP contribution < -0.4 is 5.32 Å². The number of halogens is 3. The fourth-order valence-electron chi connectivity index (χ4n) is 1.53. The predicted octanol–water partition coefficient (Wildman–Crippen LogP) is 2.94. The summed E-state index contributed by atoms with van der Waals surface area (Å²) >= 11 is 0. The third-order valence-electron chi connectivity index (χ3n) is 2.70. The largest absolute Gasteiger partial charge is 0.418 e. The maximum atomic E-state index is 12.8. The van der Waals surface area contributed by atoms with Crippen molar-refractivity contribution in [3.05, 3.63) is 29.8 Å². The van der Waals surface area contributed by atoms with Crippen molar-refractivity contribution in [1.82, 2.24) is 4.90 Å². The number of alkyl halides is 3. The van der Waals surface area contributed by atoms with Crippen molar-refractivity contribution in [1.29, 1.82) is 0 Å². The van der Waals surface area contributed by atoms with E-state index in [-0.39, 0.29) is 12.2 Å². The van der Waals surface area contributed by atoms with Gasteiger partial charge in [0, 0.05) is 13.6 Å². The van der Waals surface area contributed by atoms with Crippen molar-refractivity contribution in [2.45, 2.75) is 25.6 Å². The molecule has 0 aliphatic heterocycles. The van der Waals surface area contributed by atoms with Crippen molar-refractivity contribution in [3.8, 4) is 0 Å². The maximum absolute atomic E-state index is 12.8. The molecule has 1 atom stereocenters. The van der Waals surface area contributed by atoms with E-state index in [1.165, 1.54) is 30.1 Å². The Bertz CT molecular complexity index is 461. The second kappa shape index (κ2) is 6.60. The summed E-state index contributed by atoms with van der Waals surface area (Å²) in [7, 11) is 1.45. The van der Waals surface area contributed by atoms with Gasteiger partial charge in [-0.3, -0.25) is 0 Å². The molecule has 0 fully saturated rings. The number of nitrogens with one attached hydrogen (secondary N) is 1. The van der Waals surface area contributed by atoms with E-state index in [4.69, 9.17) is 5.11 Å². The first-order chi connectivity index (χ1) is 9.21. The molecular formula is C13H17F3N2O2. The molecule has 2 amide bonds. The maximum Gasteiger partial charge on any atom is 0.418 e. The summed E-state index contributed by atoms with van der Waals surface area (Å²) in [6.07, 6.45) is -4.75. The molecule has 20 heavy (non-hydrogen) atoms. The van der Waals surface area contributed by atoms with Crippen LogP contribution in [0.4, 0.5) is 23.7 Å². The topological polar surface area (TPSA) is 52.6 Å². The lowest BCUT2D eigenvalue weighted by molar-refractivity contribution is -0.136. The van der Waals surface area contributed by atoms with Crippen LogP contribution in [-0.4, -0.2) is 35.7 Å². The Morgan fingerprint density at radius 1 is 1.40 bits per heavy atom. The smallest absolute Gasteiger partial charge is 0.393 e. The van der Waals surface area contributed by atoms with Gasteiger partial charge in [0.2, 0.25) is 0 Å². The highest BCUT2D eigenvalue weighted by molar-refractivity contribution is 5.90. The highest BCUT2D eigenvalue weighted by Crippen LogP contribution is 2.34. The molecule has 112 valence electrons. The standard InChI is InChI=1S/C13H17F3N2O2/c1-9(19)7-8-18(2)12(20)17-11-6-4-3-5-10(11)13(14,15)16/h3-6,9,19H,7-8H2,1-2H3,(H,17,20). The molecule has 1 rings (SSSR count). The molecule has 0 aliphatic rings. The molecule has 4 nitrogen and oxygen atoms in total. The van der Waals surface area contributed by atoms with E-state index in [1.807, 2.05) is 0 Å². The molecular weight excluding hydrogens is 273 g/mol. The van der Waals surface area contributed by atoms with Crippen molar-refractivity contribution < 1.29 is 23.1 Å². The Morgan fingerprint density at radius 2 is 2.00 bits per heavy atom. The average Bonchev–Trinajstić information content (AvgIpc) is 2.35. The van der Waals surface area contributed by atoms with Gasteiger partial charge in [-0.1, -0.05) is 12.1 Å². The first-order valence-electron chi connectivity index (χ1n) is 6.08. The number of aliphatic hydroxyl groups is 1. The number of nitrogens with zero attached hydrogens (tertiary/aromatic N) is 1. The van der Waals surface area contributed by atoms with E-state index in [2.05, 4.69) is 5.32 Å². The first-order valence-corrected chi connectivity index (χ1v) is 6.08. The highest BCUT2D eigenvalue weighted by Gasteiger charge is 2.33. The Hall–Kier alpha value is -1.76. The van der Waals surface area contributed by atoms with Crippen LogP contribution in [0.25, 0.3) is 0 Å². The summed E-state index contributed by atoms with van der Waals surface area (Å²) < 4.78 is 38.3. The van der Waals surface area contributed by atoms with Crippen LogP contribution in [0.3, 0.4) is 0 Å². The minimum Gasteiger partial charge on any atom is -0.393 e. The molecule has 7 heteroatoms. The zero-order valence-electron chi connectivity index (χ0n) is 11.2. The molecule has 0 aromatic heterocycles. The van der Waals surface area contributed by atoms with Gasteiger partial charge < -0.3 is 15.3 Å². The van der Waals surface area contributed by atoms with E-state index >= 15 is 0 Å². The molecule has 0 spiro atoms. The number of hydrogen-bond acceptors (Lipinski definition) is 2. The van der Waals surface area contributed by atoms with E-state index in [9.17, 15) is 18.0 Å². The van der Waals surface area contributed by atoms with Crippen molar-refractivity contribution in [2.75, 3.05) is 18.9 Å². The van der Waals surface area contributed by atoms with Crippen LogP contribution in [0, 0.1) is 0 Å². The van der Waals surface area contributed by atoms with Gasteiger partial charge >= 0.3 is 12.2 Å². The molecule has 0 heterocycles. The molecule has 0 aliphatic carbocycles. The van der Waals surface area contributed by atoms with Crippen LogP contribution in [0.2, 0.25) is 0 Å². The third-order valence-corrected chi connectivity index (χ3v) is 2.70. The van der Waals surface area contributed by atoms with Gasteiger partial charge in [0.15, 0.2) is 0 Å². The summed E-state index contributed by atoms with van der Waals surface area (Å²) in [4.78, 5) is 13.0. The lowest BCUT2D eigenvalue weighted by Crippen LogP contribution is -2.33. The Morgan fingerprint density at radius 3 is 2.55 bits per heavy atom. The van der Waals surface area contributed by atoms with Crippen LogP contribution >= 0.6 is 0 Å². The number of aliphatic hydroxyl groups excluding tert-OH is 1. The highest BCUT2D eigenvalue weighted by atomic mass is 19.4. The SMILES string of the molecule is CC(O)CCN(C)C(=O)Nc1ccccc1C(F)(F)F. The van der Waals surface area contributed by atoms with Crippen LogP contribution in [0.15, 0.2) is 24.3 Å². The van der Waals surface area contributed by atoms with Crippen molar-refractivity contribution in [3.63, 3.8) is 0 Å². The first kappa shape index (κ1) is 16.3. The molecule has 0 saturated carbocycles. The third kappa shape index (κ3) is 4.73. The van der Waals surface area contributed by atoms with E-state index in [0.29, 0.717) is 6.42 Å². The van der Waals surface area contributed by atoms with E-state index < -0.39 is 23.9 Å². The predicted molar refractivity (Wildman–Crippen MR) is 69.4 cm³/mol. The normalized spacial score (nSPS) is 12.9. The van der Waals surface area contributed by atoms with Gasteiger partial charge in [0.1, 0.15) is 0 Å². The monoisotopic (exact) mass is 290 g/mol. The van der Waals surface area contributed by atoms with E-state index in [1.54, 1.807) is 6.92 Å². The van der Waals surface area contributed by atoms with Crippen molar-refractivity contribution in [2.24, 2.45) is 0 Å². The Labute approximate surface area is 115 Å². The number of amides is 2. The quantitative estimate of drug-likeness (QED) is 0.895. The average molecular weight is 290 g/mol.